The number of hydrogen-bond acceptors (Lipinski definition) is 4. The Hall–Kier alpha value is -2.67. The maximum atomic E-state index is 12.9. The molecule has 0 fully saturated rings. The molecule has 2 amide bonds. The Morgan fingerprint density at radius 2 is 1.93 bits per heavy atom. The van der Waals surface area contributed by atoms with Gasteiger partial charge in [-0.2, -0.15) is 0 Å². The first kappa shape index (κ1) is 19.1. The van der Waals surface area contributed by atoms with Crippen LogP contribution in [0.15, 0.2) is 18.2 Å². The van der Waals surface area contributed by atoms with Crippen molar-refractivity contribution in [3.05, 3.63) is 46.5 Å². The van der Waals surface area contributed by atoms with Crippen LogP contribution in [-0.4, -0.2) is 41.6 Å². The van der Waals surface area contributed by atoms with Gasteiger partial charge < -0.3 is 19.9 Å². The number of carbonyl (C=O) groups is 2. The van der Waals surface area contributed by atoms with Crippen molar-refractivity contribution in [1.82, 2.24) is 14.9 Å². The first-order valence-electron chi connectivity index (χ1n) is 9.27. The number of ether oxygens (including phenoxy) is 1. The van der Waals surface area contributed by atoms with E-state index in [-0.39, 0.29) is 11.8 Å². The second kappa shape index (κ2) is 8.35. The fourth-order valence-electron chi connectivity index (χ4n) is 3.43. The van der Waals surface area contributed by atoms with Gasteiger partial charge in [0.1, 0.15) is 5.69 Å². The summed E-state index contributed by atoms with van der Waals surface area (Å²) in [5, 5.41) is 5.77. The number of nitrogens with one attached hydrogen (secondary N) is 2. The molecular formula is C20H26N4O3. The van der Waals surface area contributed by atoms with Gasteiger partial charge in [0.05, 0.1) is 12.3 Å². The fraction of sp³-hybridized carbons (Fsp3) is 0.450. The third-order valence-corrected chi connectivity index (χ3v) is 4.85. The van der Waals surface area contributed by atoms with Crippen molar-refractivity contribution < 1.29 is 14.3 Å². The molecule has 7 heteroatoms. The molecule has 1 aromatic heterocycles. The maximum Gasteiger partial charge on any atom is 0.291 e. The van der Waals surface area contributed by atoms with E-state index in [4.69, 9.17) is 4.74 Å². The summed E-state index contributed by atoms with van der Waals surface area (Å²) in [4.78, 5) is 29.9. The number of aromatic nitrogens is 2. The van der Waals surface area contributed by atoms with Crippen LogP contribution in [0.1, 0.15) is 50.8 Å². The molecule has 0 atom stereocenters. The predicted octanol–water partition coefficient (Wildman–Crippen LogP) is 2.46. The normalized spacial score (nSPS) is 13.1. The number of anilines is 1. The summed E-state index contributed by atoms with van der Waals surface area (Å²) in [7, 11) is 1.58. The summed E-state index contributed by atoms with van der Waals surface area (Å²) < 4.78 is 6.86. The van der Waals surface area contributed by atoms with Crippen molar-refractivity contribution in [2.45, 2.75) is 39.7 Å². The molecular weight excluding hydrogens is 344 g/mol. The molecule has 0 saturated heterocycles. The Morgan fingerprint density at radius 1 is 1.19 bits per heavy atom. The molecule has 0 radical (unpaired) electrons. The number of hydrogen-bond donors (Lipinski definition) is 2. The first-order valence-corrected chi connectivity index (χ1v) is 9.27. The number of carbonyl (C=O) groups excluding carboxylic acids is 2. The minimum Gasteiger partial charge on any atom is -0.383 e. The number of fused-ring (bicyclic) bond motifs is 1. The standard InChI is InChI=1S/C20H26N4O3/c1-13-7-6-8-14(2)16(13)23-20(26)18-22-17(19(25)21-10-12-27-3)15-9-4-5-11-24(15)18/h6-8H,4-5,9-12H2,1-3H3,(H,21,25)(H,23,26). The summed E-state index contributed by atoms with van der Waals surface area (Å²) in [6.45, 7) is 5.45. The van der Waals surface area contributed by atoms with Gasteiger partial charge in [-0.05, 0) is 44.2 Å². The zero-order valence-corrected chi connectivity index (χ0v) is 16.1. The molecule has 1 aliphatic rings. The van der Waals surface area contributed by atoms with E-state index in [2.05, 4.69) is 15.6 Å². The Kier molecular flexibility index (Phi) is 5.91. The van der Waals surface area contributed by atoms with Gasteiger partial charge in [-0.1, -0.05) is 18.2 Å². The van der Waals surface area contributed by atoms with Crippen LogP contribution in [0.25, 0.3) is 0 Å². The van der Waals surface area contributed by atoms with Crippen LogP contribution < -0.4 is 10.6 Å². The largest absolute Gasteiger partial charge is 0.383 e. The third kappa shape index (κ3) is 4.03. The summed E-state index contributed by atoms with van der Waals surface area (Å²) in [6, 6.07) is 5.87. The Morgan fingerprint density at radius 3 is 2.63 bits per heavy atom. The molecule has 0 unspecified atom stereocenters. The monoisotopic (exact) mass is 370 g/mol. The summed E-state index contributed by atoms with van der Waals surface area (Å²) in [5.41, 5.74) is 3.96. The SMILES string of the molecule is COCCNC(=O)c1nc(C(=O)Nc2c(C)cccc2C)n2c1CCCC2. The number of rotatable bonds is 6. The highest BCUT2D eigenvalue weighted by molar-refractivity contribution is 6.04. The van der Waals surface area contributed by atoms with Gasteiger partial charge in [-0.25, -0.2) is 4.98 Å². The maximum absolute atomic E-state index is 12.9. The lowest BCUT2D eigenvalue weighted by molar-refractivity contribution is 0.0931. The number of benzene rings is 1. The van der Waals surface area contributed by atoms with E-state index in [1.54, 1.807) is 7.11 Å². The second-order valence-electron chi connectivity index (χ2n) is 6.81. The van der Waals surface area contributed by atoms with Gasteiger partial charge in [0.15, 0.2) is 5.82 Å². The minimum atomic E-state index is -0.286. The molecule has 0 aliphatic carbocycles. The number of aryl methyl sites for hydroxylation is 2. The molecule has 2 N–H and O–H groups in total. The van der Waals surface area contributed by atoms with Crippen molar-refractivity contribution in [1.29, 1.82) is 0 Å². The van der Waals surface area contributed by atoms with Gasteiger partial charge in [-0.15, -0.1) is 0 Å². The highest BCUT2D eigenvalue weighted by Crippen LogP contribution is 2.24. The molecule has 1 aromatic carbocycles. The Labute approximate surface area is 159 Å². The van der Waals surface area contributed by atoms with Crippen molar-refractivity contribution >= 4 is 17.5 Å². The van der Waals surface area contributed by atoms with Gasteiger partial charge >= 0.3 is 0 Å². The van der Waals surface area contributed by atoms with Crippen LogP contribution >= 0.6 is 0 Å². The van der Waals surface area contributed by atoms with E-state index in [0.29, 0.717) is 31.2 Å². The van der Waals surface area contributed by atoms with Gasteiger partial charge in [0, 0.05) is 25.9 Å². The minimum absolute atomic E-state index is 0.260. The number of nitrogens with zero attached hydrogens (tertiary/aromatic N) is 2. The van der Waals surface area contributed by atoms with Gasteiger partial charge in [0.2, 0.25) is 0 Å². The Balaban J connectivity index is 1.89. The lowest BCUT2D eigenvalue weighted by atomic mass is 10.1. The van der Waals surface area contributed by atoms with Crippen LogP contribution in [0.2, 0.25) is 0 Å². The van der Waals surface area contributed by atoms with Crippen molar-refractivity contribution in [2.75, 3.05) is 25.6 Å². The summed E-state index contributed by atoms with van der Waals surface area (Å²) >= 11 is 0. The van der Waals surface area contributed by atoms with Crippen molar-refractivity contribution in [3.8, 4) is 0 Å². The highest BCUT2D eigenvalue weighted by Gasteiger charge is 2.27. The molecule has 144 valence electrons. The third-order valence-electron chi connectivity index (χ3n) is 4.85. The average Bonchev–Trinajstić information content (AvgIpc) is 3.05. The van der Waals surface area contributed by atoms with Crippen LogP contribution in [-0.2, 0) is 17.7 Å². The van der Waals surface area contributed by atoms with E-state index in [1.807, 2.05) is 36.6 Å². The number of imidazole rings is 1. The first-order chi connectivity index (χ1) is 13.0. The predicted molar refractivity (Wildman–Crippen MR) is 103 cm³/mol. The highest BCUT2D eigenvalue weighted by atomic mass is 16.5. The van der Waals surface area contributed by atoms with Crippen LogP contribution in [0, 0.1) is 13.8 Å². The van der Waals surface area contributed by atoms with Crippen molar-refractivity contribution in [2.24, 2.45) is 0 Å². The van der Waals surface area contributed by atoms with Gasteiger partial charge in [-0.3, -0.25) is 9.59 Å². The van der Waals surface area contributed by atoms with Crippen LogP contribution in [0.5, 0.6) is 0 Å². The van der Waals surface area contributed by atoms with E-state index in [0.717, 1.165) is 41.8 Å². The summed E-state index contributed by atoms with van der Waals surface area (Å²) in [5.74, 6) is -0.250. The zero-order valence-electron chi connectivity index (χ0n) is 16.1. The number of amides is 2. The molecule has 1 aliphatic heterocycles. The average molecular weight is 370 g/mol. The molecule has 0 saturated carbocycles. The van der Waals surface area contributed by atoms with E-state index in [1.165, 1.54) is 0 Å². The number of para-hydroxylation sites is 1. The molecule has 0 bridgehead atoms. The molecule has 0 spiro atoms. The molecule has 3 rings (SSSR count). The summed E-state index contributed by atoms with van der Waals surface area (Å²) in [6.07, 6.45) is 2.70. The van der Waals surface area contributed by atoms with E-state index in [9.17, 15) is 9.59 Å². The zero-order chi connectivity index (χ0) is 19.4. The van der Waals surface area contributed by atoms with E-state index >= 15 is 0 Å². The fourth-order valence-corrected chi connectivity index (χ4v) is 3.43. The van der Waals surface area contributed by atoms with Gasteiger partial charge in [0.25, 0.3) is 11.8 Å². The topological polar surface area (TPSA) is 85.2 Å². The molecule has 2 heterocycles. The lowest BCUT2D eigenvalue weighted by Crippen LogP contribution is -2.28. The Bertz CT molecular complexity index is 837. The van der Waals surface area contributed by atoms with E-state index < -0.39 is 0 Å². The number of methoxy groups -OCH3 is 1. The molecule has 27 heavy (non-hydrogen) atoms. The van der Waals surface area contributed by atoms with Crippen LogP contribution in [0.3, 0.4) is 0 Å². The molecule has 2 aromatic rings. The smallest absolute Gasteiger partial charge is 0.291 e. The second-order valence-corrected chi connectivity index (χ2v) is 6.81. The molecule has 7 nitrogen and oxygen atoms in total. The van der Waals surface area contributed by atoms with Crippen LogP contribution in [0.4, 0.5) is 5.69 Å². The quantitative estimate of drug-likeness (QED) is 0.765. The van der Waals surface area contributed by atoms with Crippen molar-refractivity contribution in [3.63, 3.8) is 0 Å². The lowest BCUT2D eigenvalue weighted by Gasteiger charge is -2.17.